The first-order chi connectivity index (χ1) is 27.7. The van der Waals surface area contributed by atoms with Gasteiger partial charge in [0.1, 0.15) is 11.2 Å². The summed E-state index contributed by atoms with van der Waals surface area (Å²) in [6.45, 7) is 0. The zero-order chi connectivity index (χ0) is 37.0. The topological polar surface area (TPSA) is 51.8 Å². The molecule has 0 unspecified atom stereocenters. The molecule has 0 N–H and O–H groups in total. The summed E-state index contributed by atoms with van der Waals surface area (Å²) in [6, 6.07) is 65.6. The number of thiophene rings is 1. The third-order valence-corrected chi connectivity index (χ3v) is 11.8. The van der Waals surface area contributed by atoms with Crippen molar-refractivity contribution in [2.45, 2.75) is 0 Å². The Morgan fingerprint density at radius 3 is 1.52 bits per heavy atom. The molecule has 0 aliphatic carbocycles. The average molecular weight is 734 g/mol. The number of hydrogen-bond acceptors (Lipinski definition) is 5. The van der Waals surface area contributed by atoms with Crippen LogP contribution in [0.3, 0.4) is 0 Å². The molecule has 0 radical (unpaired) electrons. The first-order valence-electron chi connectivity index (χ1n) is 18.7. The highest BCUT2D eigenvalue weighted by Crippen LogP contribution is 2.43. The lowest BCUT2D eigenvalue weighted by Gasteiger charge is -2.09. The highest BCUT2D eigenvalue weighted by atomic mass is 32.1. The molecule has 0 saturated heterocycles. The molecule has 11 rings (SSSR count). The number of nitrogens with zero attached hydrogens (tertiary/aromatic N) is 3. The highest BCUT2D eigenvalue weighted by molar-refractivity contribution is 7.26. The first kappa shape index (κ1) is 32.2. The van der Waals surface area contributed by atoms with Crippen molar-refractivity contribution in [3.05, 3.63) is 188 Å². The van der Waals surface area contributed by atoms with E-state index in [1.807, 2.05) is 53.8 Å². The van der Waals surface area contributed by atoms with E-state index in [1.54, 1.807) is 0 Å². The third kappa shape index (κ3) is 5.48. The summed E-state index contributed by atoms with van der Waals surface area (Å²) in [6.07, 6.45) is 0. The minimum absolute atomic E-state index is 0.561. The van der Waals surface area contributed by atoms with Gasteiger partial charge in [0, 0.05) is 47.6 Å². The largest absolute Gasteiger partial charge is 0.455 e. The smallest absolute Gasteiger partial charge is 0.167 e. The maximum Gasteiger partial charge on any atom is 0.167 e. The summed E-state index contributed by atoms with van der Waals surface area (Å²) in [5, 5.41) is 4.66. The minimum Gasteiger partial charge on any atom is -0.455 e. The number of furan rings is 1. The standard InChI is InChI=1S/C51H31N3OS/c1-3-13-32(14-4-1)33-27-29-35(30-28-33)50-52-49(34-15-5-2-6-16-34)53-51(54-50)44-25-12-23-42-41-22-10-20-38(46(41)55-47(42)44)36-17-9-18-37(31-36)39-21-11-24-43-40-19-7-8-26-45(40)56-48(39)43/h1-31H. The van der Waals surface area contributed by atoms with Gasteiger partial charge in [0.2, 0.25) is 0 Å². The van der Waals surface area contributed by atoms with Crippen LogP contribution in [-0.4, -0.2) is 15.0 Å². The van der Waals surface area contributed by atoms with Crippen LogP contribution in [0.15, 0.2) is 192 Å². The Balaban J connectivity index is 1.05. The Morgan fingerprint density at radius 2 is 0.786 bits per heavy atom. The fourth-order valence-electron chi connectivity index (χ4n) is 7.84. The van der Waals surface area contributed by atoms with Gasteiger partial charge in [-0.15, -0.1) is 11.3 Å². The normalized spacial score (nSPS) is 11.6. The molecular weight excluding hydrogens is 703 g/mol. The Labute approximate surface area is 327 Å². The molecule has 4 nitrogen and oxygen atoms in total. The van der Waals surface area contributed by atoms with Gasteiger partial charge in [-0.05, 0) is 46.0 Å². The van der Waals surface area contributed by atoms with E-state index < -0.39 is 0 Å². The quantitative estimate of drug-likeness (QED) is 0.171. The van der Waals surface area contributed by atoms with Gasteiger partial charge < -0.3 is 4.42 Å². The Morgan fingerprint density at radius 1 is 0.321 bits per heavy atom. The number of benzene rings is 8. The lowest BCUT2D eigenvalue weighted by Crippen LogP contribution is -2.00. The lowest BCUT2D eigenvalue weighted by atomic mass is 9.97. The zero-order valence-corrected chi connectivity index (χ0v) is 30.9. The molecule has 0 atom stereocenters. The molecule has 0 aliphatic heterocycles. The first-order valence-corrected chi connectivity index (χ1v) is 19.5. The summed E-state index contributed by atoms with van der Waals surface area (Å²) in [4.78, 5) is 15.2. The van der Waals surface area contributed by atoms with Crippen LogP contribution in [0.1, 0.15) is 0 Å². The third-order valence-electron chi connectivity index (χ3n) is 10.6. The number of fused-ring (bicyclic) bond motifs is 6. The van der Waals surface area contributed by atoms with E-state index in [9.17, 15) is 0 Å². The van der Waals surface area contributed by atoms with Gasteiger partial charge in [0.25, 0.3) is 0 Å². The maximum atomic E-state index is 6.94. The molecule has 0 spiro atoms. The molecular formula is C51H31N3OS. The van der Waals surface area contributed by atoms with Gasteiger partial charge in [0.05, 0.1) is 5.56 Å². The van der Waals surface area contributed by atoms with E-state index in [1.165, 1.54) is 31.3 Å². The van der Waals surface area contributed by atoms with Crippen molar-refractivity contribution in [3.8, 4) is 67.5 Å². The van der Waals surface area contributed by atoms with E-state index in [0.717, 1.165) is 60.9 Å². The van der Waals surface area contributed by atoms with E-state index >= 15 is 0 Å². The van der Waals surface area contributed by atoms with Gasteiger partial charge >= 0.3 is 0 Å². The molecule has 56 heavy (non-hydrogen) atoms. The number of rotatable bonds is 6. The van der Waals surface area contributed by atoms with Gasteiger partial charge in [-0.1, -0.05) is 170 Å². The summed E-state index contributed by atoms with van der Waals surface area (Å²) < 4.78 is 9.54. The molecule has 11 aromatic rings. The molecule has 0 bridgehead atoms. The molecule has 5 heteroatoms. The zero-order valence-electron chi connectivity index (χ0n) is 30.1. The highest BCUT2D eigenvalue weighted by Gasteiger charge is 2.20. The molecule has 262 valence electrons. The van der Waals surface area contributed by atoms with Crippen LogP contribution in [-0.2, 0) is 0 Å². The van der Waals surface area contributed by atoms with Crippen LogP contribution in [0.25, 0.3) is 110 Å². The second-order valence-electron chi connectivity index (χ2n) is 13.9. The predicted octanol–water partition coefficient (Wildman–Crippen LogP) is 14.1. The van der Waals surface area contributed by atoms with Crippen molar-refractivity contribution >= 4 is 53.4 Å². The number of hydrogen-bond donors (Lipinski definition) is 0. The predicted molar refractivity (Wildman–Crippen MR) is 233 cm³/mol. The molecule has 0 amide bonds. The second kappa shape index (κ2) is 13.3. The monoisotopic (exact) mass is 733 g/mol. The van der Waals surface area contributed by atoms with E-state index in [0.29, 0.717) is 17.5 Å². The fourth-order valence-corrected chi connectivity index (χ4v) is 9.07. The Kier molecular flexibility index (Phi) is 7.64. The molecule has 3 aromatic heterocycles. The van der Waals surface area contributed by atoms with E-state index in [-0.39, 0.29) is 0 Å². The summed E-state index contributed by atoms with van der Waals surface area (Å²) in [5.74, 6) is 1.77. The van der Waals surface area contributed by atoms with Crippen molar-refractivity contribution < 1.29 is 4.42 Å². The number of para-hydroxylation sites is 2. The van der Waals surface area contributed by atoms with Gasteiger partial charge in [-0.2, -0.15) is 0 Å². The van der Waals surface area contributed by atoms with Crippen LogP contribution < -0.4 is 0 Å². The van der Waals surface area contributed by atoms with Crippen molar-refractivity contribution in [1.82, 2.24) is 15.0 Å². The summed E-state index contributed by atoms with van der Waals surface area (Å²) in [5.41, 5.74) is 11.1. The van der Waals surface area contributed by atoms with Crippen LogP contribution in [0.2, 0.25) is 0 Å². The minimum atomic E-state index is 0.561. The van der Waals surface area contributed by atoms with Crippen molar-refractivity contribution in [3.63, 3.8) is 0 Å². The van der Waals surface area contributed by atoms with Crippen LogP contribution in [0.4, 0.5) is 0 Å². The van der Waals surface area contributed by atoms with Crippen LogP contribution >= 0.6 is 11.3 Å². The molecule has 0 saturated carbocycles. The van der Waals surface area contributed by atoms with E-state index in [2.05, 4.69) is 146 Å². The molecule has 8 aromatic carbocycles. The lowest BCUT2D eigenvalue weighted by molar-refractivity contribution is 0.670. The number of aromatic nitrogens is 3. The van der Waals surface area contributed by atoms with Gasteiger partial charge in [-0.3, -0.25) is 0 Å². The molecule has 0 fully saturated rings. The summed E-state index contributed by atoms with van der Waals surface area (Å²) >= 11 is 1.85. The van der Waals surface area contributed by atoms with Crippen molar-refractivity contribution in [2.24, 2.45) is 0 Å². The van der Waals surface area contributed by atoms with E-state index in [4.69, 9.17) is 19.4 Å². The maximum absolute atomic E-state index is 6.94. The van der Waals surface area contributed by atoms with Crippen molar-refractivity contribution in [2.75, 3.05) is 0 Å². The van der Waals surface area contributed by atoms with Gasteiger partial charge in [-0.25, -0.2) is 15.0 Å². The van der Waals surface area contributed by atoms with Crippen LogP contribution in [0, 0.1) is 0 Å². The Bertz CT molecular complexity index is 3240. The van der Waals surface area contributed by atoms with Crippen molar-refractivity contribution in [1.29, 1.82) is 0 Å². The fraction of sp³-hybridized carbons (Fsp3) is 0. The van der Waals surface area contributed by atoms with Gasteiger partial charge in [0.15, 0.2) is 17.5 Å². The Hall–Kier alpha value is -7.21. The average Bonchev–Trinajstić information content (AvgIpc) is 3.86. The molecule has 0 aliphatic rings. The summed E-state index contributed by atoms with van der Waals surface area (Å²) in [7, 11) is 0. The second-order valence-corrected chi connectivity index (χ2v) is 15.0. The SMILES string of the molecule is c1ccc(-c2ccc(-c3nc(-c4ccccc4)nc(-c4cccc5c4oc4c(-c6cccc(-c7cccc8c7sc7ccccc78)c6)cccc45)n3)cc2)cc1. The molecule has 3 heterocycles. The van der Waals surface area contributed by atoms with Crippen LogP contribution in [0.5, 0.6) is 0 Å².